The number of halogens is 1. The van der Waals surface area contributed by atoms with Gasteiger partial charge in [-0.3, -0.25) is 20.2 Å². The van der Waals surface area contributed by atoms with Crippen LogP contribution in [0.4, 0.5) is 0 Å². The summed E-state index contributed by atoms with van der Waals surface area (Å²) in [6, 6.07) is 5.28. The summed E-state index contributed by atoms with van der Waals surface area (Å²) in [4.78, 5) is 20.2. The predicted octanol–water partition coefficient (Wildman–Crippen LogP) is 2.37. The number of benzene rings is 1. The molecule has 0 amide bonds. The van der Waals surface area contributed by atoms with E-state index in [2.05, 4.69) is 0 Å². The number of nitro groups is 2. The van der Waals surface area contributed by atoms with Crippen molar-refractivity contribution < 1.29 is 9.85 Å². The normalized spacial score (nSPS) is 14.0. The van der Waals surface area contributed by atoms with E-state index in [0.717, 1.165) is 0 Å². The molecular formula is C10H11ClN2O4. The molecule has 6 nitrogen and oxygen atoms in total. The SMILES string of the molecule is C[C@@H]([C@H](C[N+](=O)[O-])c1ccc(Cl)cc1)[N+](=O)[O-]. The number of hydrogen-bond acceptors (Lipinski definition) is 4. The summed E-state index contributed by atoms with van der Waals surface area (Å²) < 4.78 is 0. The second-order valence-electron chi connectivity index (χ2n) is 3.70. The van der Waals surface area contributed by atoms with Gasteiger partial charge in [-0.1, -0.05) is 23.7 Å². The Morgan fingerprint density at radius 2 is 1.76 bits per heavy atom. The third-order valence-electron chi connectivity index (χ3n) is 2.56. The highest BCUT2D eigenvalue weighted by molar-refractivity contribution is 6.30. The lowest BCUT2D eigenvalue weighted by Gasteiger charge is -2.14. The van der Waals surface area contributed by atoms with Crippen molar-refractivity contribution in [1.29, 1.82) is 0 Å². The Hall–Kier alpha value is -1.69. The van der Waals surface area contributed by atoms with Gasteiger partial charge >= 0.3 is 0 Å². The van der Waals surface area contributed by atoms with Gasteiger partial charge in [0, 0.05) is 21.8 Å². The maximum Gasteiger partial charge on any atom is 0.223 e. The molecule has 0 heterocycles. The molecule has 0 saturated heterocycles. The van der Waals surface area contributed by atoms with Crippen LogP contribution in [0, 0.1) is 20.2 Å². The van der Waals surface area contributed by atoms with E-state index in [1.54, 1.807) is 24.3 Å². The van der Waals surface area contributed by atoms with Crippen molar-refractivity contribution >= 4 is 11.6 Å². The van der Waals surface area contributed by atoms with Crippen LogP contribution in [-0.4, -0.2) is 22.4 Å². The third kappa shape index (κ3) is 3.67. The van der Waals surface area contributed by atoms with Crippen LogP contribution in [0.2, 0.25) is 5.02 Å². The molecule has 0 unspecified atom stereocenters. The first kappa shape index (κ1) is 13.4. The van der Waals surface area contributed by atoms with Crippen molar-refractivity contribution in [3.05, 3.63) is 55.1 Å². The molecule has 0 bridgehead atoms. The third-order valence-corrected chi connectivity index (χ3v) is 2.81. The van der Waals surface area contributed by atoms with Gasteiger partial charge < -0.3 is 0 Å². The second kappa shape index (κ2) is 5.58. The lowest BCUT2D eigenvalue weighted by molar-refractivity contribution is -0.543. The van der Waals surface area contributed by atoms with Crippen molar-refractivity contribution in [2.24, 2.45) is 0 Å². The highest BCUT2D eigenvalue weighted by Crippen LogP contribution is 2.23. The molecule has 92 valence electrons. The van der Waals surface area contributed by atoms with Crippen molar-refractivity contribution in [2.45, 2.75) is 18.9 Å². The van der Waals surface area contributed by atoms with Crippen LogP contribution in [0.3, 0.4) is 0 Å². The Balaban J connectivity index is 3.01. The van der Waals surface area contributed by atoms with E-state index in [0.29, 0.717) is 10.6 Å². The fourth-order valence-corrected chi connectivity index (χ4v) is 1.68. The summed E-state index contributed by atoms with van der Waals surface area (Å²) in [6.45, 7) is 0.895. The molecule has 0 aliphatic heterocycles. The van der Waals surface area contributed by atoms with E-state index in [9.17, 15) is 20.2 Å². The van der Waals surface area contributed by atoms with E-state index >= 15 is 0 Å². The quantitative estimate of drug-likeness (QED) is 0.599. The van der Waals surface area contributed by atoms with Crippen LogP contribution in [0.1, 0.15) is 18.4 Å². The molecule has 1 aromatic carbocycles. The number of hydrogen-bond donors (Lipinski definition) is 0. The van der Waals surface area contributed by atoms with Crippen LogP contribution >= 0.6 is 11.6 Å². The van der Waals surface area contributed by atoms with Gasteiger partial charge in [0.05, 0.1) is 0 Å². The smallest absolute Gasteiger partial charge is 0.223 e. The molecule has 0 aromatic heterocycles. The van der Waals surface area contributed by atoms with Crippen LogP contribution in [0.15, 0.2) is 24.3 Å². The molecule has 0 fully saturated rings. The zero-order valence-electron chi connectivity index (χ0n) is 9.08. The first-order valence-corrected chi connectivity index (χ1v) is 5.30. The lowest BCUT2D eigenvalue weighted by Crippen LogP contribution is -2.29. The molecule has 0 N–H and O–H groups in total. The highest BCUT2D eigenvalue weighted by atomic mass is 35.5. The molecule has 0 aliphatic carbocycles. The van der Waals surface area contributed by atoms with Crippen molar-refractivity contribution in [2.75, 3.05) is 6.54 Å². The van der Waals surface area contributed by atoms with Crippen LogP contribution in [-0.2, 0) is 0 Å². The van der Waals surface area contributed by atoms with Gasteiger partial charge in [0.2, 0.25) is 12.6 Å². The summed E-state index contributed by atoms with van der Waals surface area (Å²) in [5.41, 5.74) is 0.551. The monoisotopic (exact) mass is 258 g/mol. The van der Waals surface area contributed by atoms with Crippen molar-refractivity contribution in [3.63, 3.8) is 0 Å². The largest absolute Gasteiger partial charge is 0.265 e. The van der Waals surface area contributed by atoms with E-state index in [1.165, 1.54) is 6.92 Å². The van der Waals surface area contributed by atoms with E-state index < -0.39 is 28.4 Å². The lowest BCUT2D eigenvalue weighted by atomic mass is 9.93. The second-order valence-corrected chi connectivity index (χ2v) is 4.14. The average Bonchev–Trinajstić information content (AvgIpc) is 2.26. The van der Waals surface area contributed by atoms with E-state index in [4.69, 9.17) is 11.6 Å². The van der Waals surface area contributed by atoms with Crippen LogP contribution in [0.5, 0.6) is 0 Å². The van der Waals surface area contributed by atoms with Gasteiger partial charge in [-0.05, 0) is 17.7 Å². The Bertz CT molecular complexity index is 421. The van der Waals surface area contributed by atoms with Gasteiger partial charge in [-0.2, -0.15) is 0 Å². The number of rotatable bonds is 5. The maximum absolute atomic E-state index is 10.7. The predicted molar refractivity (Wildman–Crippen MR) is 62.5 cm³/mol. The summed E-state index contributed by atoms with van der Waals surface area (Å²) >= 11 is 5.70. The molecule has 2 atom stereocenters. The topological polar surface area (TPSA) is 86.3 Å². The molecule has 0 saturated carbocycles. The molecular weight excluding hydrogens is 248 g/mol. The molecule has 1 aromatic rings. The van der Waals surface area contributed by atoms with Crippen molar-refractivity contribution in [1.82, 2.24) is 0 Å². The van der Waals surface area contributed by atoms with Gasteiger partial charge in [-0.25, -0.2) is 0 Å². The molecule has 7 heteroatoms. The standard InChI is InChI=1S/C10H11ClN2O4/c1-7(13(16)17)10(6-12(14)15)8-2-4-9(11)5-3-8/h2-5,7,10H,6H2,1H3/t7-,10-/m0/s1. The van der Waals surface area contributed by atoms with Gasteiger partial charge in [0.25, 0.3) is 0 Å². The summed E-state index contributed by atoms with van der Waals surface area (Å²) in [5.74, 6) is -0.753. The minimum Gasteiger partial charge on any atom is -0.265 e. The molecule has 0 radical (unpaired) electrons. The Morgan fingerprint density at radius 3 is 2.18 bits per heavy atom. The Morgan fingerprint density at radius 1 is 1.24 bits per heavy atom. The molecule has 17 heavy (non-hydrogen) atoms. The molecule has 0 aliphatic rings. The van der Waals surface area contributed by atoms with Gasteiger partial charge in [-0.15, -0.1) is 0 Å². The Kier molecular flexibility index (Phi) is 4.39. The maximum atomic E-state index is 10.7. The zero-order valence-corrected chi connectivity index (χ0v) is 9.83. The minimum absolute atomic E-state index is 0.468. The van der Waals surface area contributed by atoms with Crippen molar-refractivity contribution in [3.8, 4) is 0 Å². The summed E-state index contributed by atoms with van der Waals surface area (Å²) in [7, 11) is 0. The molecule has 1 rings (SSSR count). The highest BCUT2D eigenvalue weighted by Gasteiger charge is 2.32. The first-order chi connectivity index (χ1) is 7.91. The van der Waals surface area contributed by atoms with Crippen LogP contribution < -0.4 is 0 Å². The van der Waals surface area contributed by atoms with E-state index in [1.807, 2.05) is 0 Å². The average molecular weight is 259 g/mol. The fraction of sp³-hybridized carbons (Fsp3) is 0.400. The molecule has 0 spiro atoms. The first-order valence-electron chi connectivity index (χ1n) is 4.92. The minimum atomic E-state index is -1.01. The van der Waals surface area contributed by atoms with Crippen LogP contribution in [0.25, 0.3) is 0 Å². The Labute approximate surface area is 103 Å². The van der Waals surface area contributed by atoms with E-state index in [-0.39, 0.29) is 0 Å². The van der Waals surface area contributed by atoms with Gasteiger partial charge in [0.1, 0.15) is 5.92 Å². The number of nitrogens with zero attached hydrogens (tertiary/aromatic N) is 2. The van der Waals surface area contributed by atoms with Gasteiger partial charge in [0.15, 0.2) is 0 Å². The zero-order chi connectivity index (χ0) is 13.0. The summed E-state index contributed by atoms with van der Waals surface area (Å²) in [5, 5.41) is 21.7. The fourth-order valence-electron chi connectivity index (χ4n) is 1.55. The summed E-state index contributed by atoms with van der Waals surface area (Å²) in [6.07, 6.45) is 0.